The summed E-state index contributed by atoms with van der Waals surface area (Å²) in [5, 5.41) is 8.91. The van der Waals surface area contributed by atoms with E-state index in [-0.39, 0.29) is 11.3 Å². The molecule has 4 nitrogen and oxygen atoms in total. The smallest absolute Gasteiger partial charge is 0.328 e. The highest BCUT2D eigenvalue weighted by Crippen LogP contribution is 2.53. The molecule has 3 aromatic carbocycles. The highest BCUT2D eigenvalue weighted by Gasteiger charge is 2.42. The molecule has 2 unspecified atom stereocenters. The van der Waals surface area contributed by atoms with Gasteiger partial charge in [0.15, 0.2) is 0 Å². The van der Waals surface area contributed by atoms with Gasteiger partial charge in [0.05, 0.1) is 14.2 Å². The summed E-state index contributed by atoms with van der Waals surface area (Å²) in [6, 6.07) is 22.8. The molecular weight excluding hydrogens is 420 g/mol. The van der Waals surface area contributed by atoms with Gasteiger partial charge in [0.2, 0.25) is 0 Å². The van der Waals surface area contributed by atoms with Crippen LogP contribution in [0.5, 0.6) is 11.5 Å². The van der Waals surface area contributed by atoms with Crippen molar-refractivity contribution in [1.29, 1.82) is 0 Å². The molecule has 1 aliphatic heterocycles. The Morgan fingerprint density at radius 2 is 1.66 bits per heavy atom. The van der Waals surface area contributed by atoms with E-state index in [2.05, 4.69) is 43.3 Å². The lowest BCUT2D eigenvalue weighted by atomic mass is 9.67. The van der Waals surface area contributed by atoms with Crippen LogP contribution in [0.4, 0.5) is 0 Å². The molecule has 1 aliphatic rings. The average molecular weight is 447 g/mol. The molecule has 4 rings (SSSR count). The Kier molecular flexibility index (Phi) is 6.28. The molecule has 2 atom stereocenters. The van der Waals surface area contributed by atoms with Gasteiger partial charge in [-0.2, -0.15) is 0 Å². The molecule has 0 radical (unpaired) electrons. The van der Waals surface area contributed by atoms with E-state index in [1.807, 2.05) is 42.1 Å². The first-order valence-corrected chi connectivity index (χ1v) is 11.4. The van der Waals surface area contributed by atoms with Crippen molar-refractivity contribution in [3.8, 4) is 11.5 Å². The zero-order valence-corrected chi connectivity index (χ0v) is 19.2. The molecule has 164 valence electrons. The molecule has 0 aliphatic carbocycles. The number of thioether (sulfide) groups is 1. The standard InChI is InChI=1S/C27H26O4S/c1-27(20-9-11-21(30-2)12-10-20)17-32-24-16-22(31-3)13-14-23(24)26(27)19-7-4-18(5-8-19)6-15-25(28)29/h4-16,26H,17H2,1-3H3,(H,28,29)/b15-6+. The first-order valence-electron chi connectivity index (χ1n) is 10.4. The summed E-state index contributed by atoms with van der Waals surface area (Å²) in [5.74, 6) is 1.81. The fourth-order valence-corrected chi connectivity index (χ4v) is 5.74. The Hall–Kier alpha value is -3.18. The molecule has 0 spiro atoms. The number of rotatable bonds is 6. The number of fused-ring (bicyclic) bond motifs is 1. The predicted octanol–water partition coefficient (Wildman–Crippen LogP) is 6.00. The van der Waals surface area contributed by atoms with Crippen molar-refractivity contribution < 1.29 is 19.4 Å². The minimum Gasteiger partial charge on any atom is -0.497 e. The van der Waals surface area contributed by atoms with Gasteiger partial charge in [0, 0.05) is 28.1 Å². The number of ether oxygens (including phenoxy) is 2. The molecule has 1 heterocycles. The molecule has 0 fully saturated rings. The highest BCUT2D eigenvalue weighted by atomic mass is 32.2. The van der Waals surface area contributed by atoms with E-state index in [0.717, 1.165) is 28.9 Å². The van der Waals surface area contributed by atoms with Crippen LogP contribution in [0.2, 0.25) is 0 Å². The van der Waals surface area contributed by atoms with Gasteiger partial charge in [-0.15, -0.1) is 11.8 Å². The van der Waals surface area contributed by atoms with Gasteiger partial charge in [0.25, 0.3) is 0 Å². The third-order valence-electron chi connectivity index (χ3n) is 6.13. The van der Waals surface area contributed by atoms with Gasteiger partial charge in [-0.1, -0.05) is 49.4 Å². The topological polar surface area (TPSA) is 55.8 Å². The quantitative estimate of drug-likeness (QED) is 0.471. The summed E-state index contributed by atoms with van der Waals surface area (Å²) in [5.41, 5.74) is 4.45. The van der Waals surface area contributed by atoms with Gasteiger partial charge >= 0.3 is 5.97 Å². The number of aliphatic carboxylic acids is 1. The number of benzene rings is 3. The maximum absolute atomic E-state index is 10.9. The Labute approximate surface area is 192 Å². The summed E-state index contributed by atoms with van der Waals surface area (Å²) in [7, 11) is 3.37. The van der Waals surface area contributed by atoms with E-state index in [1.165, 1.54) is 21.6 Å². The lowest BCUT2D eigenvalue weighted by Crippen LogP contribution is -2.36. The van der Waals surface area contributed by atoms with Crippen LogP contribution in [0.1, 0.15) is 35.1 Å². The maximum atomic E-state index is 10.9. The van der Waals surface area contributed by atoms with Crippen molar-refractivity contribution in [1.82, 2.24) is 0 Å². The summed E-state index contributed by atoms with van der Waals surface area (Å²) < 4.78 is 10.8. The SMILES string of the molecule is COc1ccc(C2(C)CSc3cc(OC)ccc3C2c2ccc(/C=C/C(=O)O)cc2)cc1. The second-order valence-electron chi connectivity index (χ2n) is 8.11. The zero-order valence-electron chi connectivity index (χ0n) is 18.4. The Balaban J connectivity index is 1.81. The maximum Gasteiger partial charge on any atom is 0.328 e. The van der Waals surface area contributed by atoms with Crippen LogP contribution < -0.4 is 9.47 Å². The monoisotopic (exact) mass is 446 g/mol. The van der Waals surface area contributed by atoms with E-state index in [4.69, 9.17) is 14.6 Å². The van der Waals surface area contributed by atoms with E-state index in [1.54, 1.807) is 20.3 Å². The second-order valence-corrected chi connectivity index (χ2v) is 9.13. The predicted molar refractivity (Wildman–Crippen MR) is 129 cm³/mol. The normalized spacial score (nSPS) is 20.0. The minimum absolute atomic E-state index is 0.135. The Morgan fingerprint density at radius 3 is 2.28 bits per heavy atom. The number of hydrogen-bond acceptors (Lipinski definition) is 4. The van der Waals surface area contributed by atoms with E-state index in [0.29, 0.717) is 0 Å². The molecule has 5 heteroatoms. The number of methoxy groups -OCH3 is 2. The van der Waals surface area contributed by atoms with Crippen LogP contribution in [0.25, 0.3) is 6.08 Å². The second kappa shape index (κ2) is 9.13. The zero-order chi connectivity index (χ0) is 22.7. The lowest BCUT2D eigenvalue weighted by molar-refractivity contribution is -0.131. The molecule has 0 saturated carbocycles. The molecule has 0 bridgehead atoms. The van der Waals surface area contributed by atoms with Crippen molar-refractivity contribution in [3.63, 3.8) is 0 Å². The summed E-state index contributed by atoms with van der Waals surface area (Å²) in [6.45, 7) is 2.32. The average Bonchev–Trinajstić information content (AvgIpc) is 2.83. The molecule has 32 heavy (non-hydrogen) atoms. The first kappa shape index (κ1) is 22.0. The van der Waals surface area contributed by atoms with E-state index >= 15 is 0 Å². The van der Waals surface area contributed by atoms with Crippen LogP contribution in [-0.2, 0) is 10.2 Å². The first-order chi connectivity index (χ1) is 15.4. The van der Waals surface area contributed by atoms with Crippen LogP contribution in [-0.4, -0.2) is 31.0 Å². The number of hydrogen-bond donors (Lipinski definition) is 1. The van der Waals surface area contributed by atoms with Crippen molar-refractivity contribution in [2.45, 2.75) is 23.2 Å². The summed E-state index contributed by atoms with van der Waals surface area (Å²) in [6.07, 6.45) is 2.78. The fraction of sp³-hybridized carbons (Fsp3) is 0.222. The number of carboxylic acids is 1. The minimum atomic E-state index is -0.951. The molecule has 0 aromatic heterocycles. The van der Waals surface area contributed by atoms with Crippen molar-refractivity contribution in [2.75, 3.05) is 20.0 Å². The lowest BCUT2D eigenvalue weighted by Gasteiger charge is -2.43. The third-order valence-corrected chi connectivity index (χ3v) is 7.54. The Morgan fingerprint density at radius 1 is 1.00 bits per heavy atom. The molecule has 1 N–H and O–H groups in total. The van der Waals surface area contributed by atoms with Crippen LogP contribution >= 0.6 is 11.8 Å². The van der Waals surface area contributed by atoms with Crippen molar-refractivity contribution in [2.24, 2.45) is 0 Å². The van der Waals surface area contributed by atoms with Crippen LogP contribution in [0, 0.1) is 0 Å². The van der Waals surface area contributed by atoms with Crippen molar-refractivity contribution in [3.05, 3.63) is 95.1 Å². The van der Waals surface area contributed by atoms with Gasteiger partial charge in [0.1, 0.15) is 11.5 Å². The van der Waals surface area contributed by atoms with Crippen LogP contribution in [0.3, 0.4) is 0 Å². The summed E-state index contributed by atoms with van der Waals surface area (Å²) >= 11 is 1.86. The van der Waals surface area contributed by atoms with E-state index < -0.39 is 5.97 Å². The van der Waals surface area contributed by atoms with Crippen molar-refractivity contribution >= 4 is 23.8 Å². The number of carboxylic acid groups (broad SMARTS) is 1. The largest absolute Gasteiger partial charge is 0.497 e. The molecular formula is C27H26O4S. The molecule has 0 amide bonds. The van der Waals surface area contributed by atoms with Crippen LogP contribution in [0.15, 0.2) is 77.7 Å². The summed E-state index contributed by atoms with van der Waals surface area (Å²) in [4.78, 5) is 12.1. The molecule has 3 aromatic rings. The van der Waals surface area contributed by atoms with Gasteiger partial charge in [-0.05, 0) is 52.6 Å². The van der Waals surface area contributed by atoms with E-state index in [9.17, 15) is 4.79 Å². The van der Waals surface area contributed by atoms with Gasteiger partial charge < -0.3 is 14.6 Å². The third kappa shape index (κ3) is 4.26. The number of carbonyl (C=O) groups is 1. The Bertz CT molecular complexity index is 1140. The van der Waals surface area contributed by atoms with Gasteiger partial charge in [-0.3, -0.25) is 0 Å². The fourth-order valence-electron chi connectivity index (χ4n) is 4.40. The highest BCUT2D eigenvalue weighted by molar-refractivity contribution is 7.99. The van der Waals surface area contributed by atoms with Gasteiger partial charge in [-0.25, -0.2) is 4.79 Å². The molecule has 0 saturated heterocycles.